The molecule has 130 valence electrons. The summed E-state index contributed by atoms with van der Waals surface area (Å²) < 4.78 is 0. The number of nitrogens with one attached hydrogen (secondary N) is 1. The second-order valence-corrected chi connectivity index (χ2v) is 6.19. The van der Waals surface area contributed by atoms with Gasteiger partial charge in [0.15, 0.2) is 0 Å². The largest absolute Gasteiger partial charge is 0.353 e. The summed E-state index contributed by atoms with van der Waals surface area (Å²) in [5, 5.41) is 3.33. The summed E-state index contributed by atoms with van der Waals surface area (Å²) in [4.78, 5) is 35.7. The Balaban J connectivity index is 1.77. The summed E-state index contributed by atoms with van der Waals surface area (Å²) >= 11 is 5.94. The number of rotatable bonds is 4. The number of amides is 2. The second-order valence-electron chi connectivity index (χ2n) is 5.75. The van der Waals surface area contributed by atoms with Gasteiger partial charge >= 0.3 is 0 Å². The van der Waals surface area contributed by atoms with Crippen molar-refractivity contribution in [2.75, 3.05) is 36.4 Å². The zero-order valence-electron chi connectivity index (χ0n) is 13.8. The van der Waals surface area contributed by atoms with Gasteiger partial charge in [0.25, 0.3) is 5.91 Å². The number of halogens is 1. The molecule has 0 aliphatic carbocycles. The number of carbonyl (C=O) groups excluding carboxylic acids is 2. The Kier molecular flexibility index (Phi) is 5.14. The van der Waals surface area contributed by atoms with Gasteiger partial charge in [0.2, 0.25) is 6.41 Å². The predicted molar refractivity (Wildman–Crippen MR) is 96.0 cm³/mol. The van der Waals surface area contributed by atoms with E-state index in [0.29, 0.717) is 54.2 Å². The molecule has 1 fully saturated rings. The maximum atomic E-state index is 12.5. The number of aromatic nitrogens is 2. The standard InChI is InChI=1S/C17H18ClN5O2/c1-12-19-15(17(25)21-14-4-2-3-13(18)9-14)10-16(20-12)23-7-5-22(11-24)6-8-23/h2-4,9-11H,5-8H2,1H3,(H,21,25). The molecule has 1 aliphatic heterocycles. The molecule has 7 nitrogen and oxygen atoms in total. The SMILES string of the molecule is Cc1nc(C(=O)Nc2cccc(Cl)c2)cc(N2CCN(C=O)CC2)n1. The second kappa shape index (κ2) is 7.48. The van der Waals surface area contributed by atoms with Crippen LogP contribution in [0.25, 0.3) is 0 Å². The van der Waals surface area contributed by atoms with Crippen molar-refractivity contribution in [1.29, 1.82) is 0 Å². The Labute approximate surface area is 150 Å². The Morgan fingerprint density at radius 1 is 1.20 bits per heavy atom. The minimum absolute atomic E-state index is 0.292. The van der Waals surface area contributed by atoms with Gasteiger partial charge in [-0.05, 0) is 25.1 Å². The van der Waals surface area contributed by atoms with Gasteiger partial charge in [0, 0.05) is 43.0 Å². The van der Waals surface area contributed by atoms with E-state index in [1.165, 1.54) is 0 Å². The highest BCUT2D eigenvalue weighted by atomic mass is 35.5. The van der Waals surface area contributed by atoms with Gasteiger partial charge in [0.05, 0.1) is 0 Å². The highest BCUT2D eigenvalue weighted by molar-refractivity contribution is 6.30. The van der Waals surface area contributed by atoms with Crippen LogP contribution in [-0.4, -0.2) is 53.4 Å². The summed E-state index contributed by atoms with van der Waals surface area (Å²) in [6.45, 7) is 4.36. The van der Waals surface area contributed by atoms with Gasteiger partial charge in [-0.15, -0.1) is 0 Å². The fraction of sp³-hybridized carbons (Fsp3) is 0.294. The molecular formula is C17H18ClN5O2. The highest BCUT2D eigenvalue weighted by Gasteiger charge is 2.19. The van der Waals surface area contributed by atoms with E-state index in [-0.39, 0.29) is 5.91 Å². The molecule has 8 heteroatoms. The fourth-order valence-corrected chi connectivity index (χ4v) is 2.84. The molecule has 0 saturated carbocycles. The van der Waals surface area contributed by atoms with Crippen LogP contribution in [0.3, 0.4) is 0 Å². The van der Waals surface area contributed by atoms with Crippen LogP contribution >= 0.6 is 11.6 Å². The van der Waals surface area contributed by atoms with Crippen LogP contribution in [0.5, 0.6) is 0 Å². The topological polar surface area (TPSA) is 78.4 Å². The maximum absolute atomic E-state index is 12.5. The van der Waals surface area contributed by atoms with Crippen LogP contribution in [0.2, 0.25) is 5.02 Å². The summed E-state index contributed by atoms with van der Waals surface area (Å²) in [6.07, 6.45) is 0.854. The van der Waals surface area contributed by atoms with Crippen LogP contribution in [0, 0.1) is 6.92 Å². The molecule has 0 unspecified atom stereocenters. The lowest BCUT2D eigenvalue weighted by Gasteiger charge is -2.33. The molecule has 2 amide bonds. The molecular weight excluding hydrogens is 342 g/mol. The van der Waals surface area contributed by atoms with Crippen LogP contribution in [-0.2, 0) is 4.79 Å². The molecule has 1 N–H and O–H groups in total. The highest BCUT2D eigenvalue weighted by Crippen LogP contribution is 2.18. The number of carbonyl (C=O) groups is 2. The lowest BCUT2D eigenvalue weighted by molar-refractivity contribution is -0.118. The first-order valence-electron chi connectivity index (χ1n) is 7.92. The van der Waals surface area contributed by atoms with Crippen LogP contribution in [0.1, 0.15) is 16.3 Å². The van der Waals surface area contributed by atoms with E-state index in [0.717, 1.165) is 6.41 Å². The number of piperazine rings is 1. The Morgan fingerprint density at radius 2 is 1.96 bits per heavy atom. The zero-order chi connectivity index (χ0) is 17.8. The third-order valence-electron chi connectivity index (χ3n) is 3.93. The van der Waals surface area contributed by atoms with Crippen molar-refractivity contribution < 1.29 is 9.59 Å². The zero-order valence-corrected chi connectivity index (χ0v) is 14.5. The summed E-state index contributed by atoms with van der Waals surface area (Å²) in [7, 11) is 0. The third kappa shape index (κ3) is 4.24. The van der Waals surface area contributed by atoms with Gasteiger partial charge in [-0.25, -0.2) is 9.97 Å². The van der Waals surface area contributed by atoms with Crippen molar-refractivity contribution >= 4 is 35.4 Å². The Bertz CT molecular complexity index is 790. The van der Waals surface area contributed by atoms with Crippen molar-refractivity contribution in [3.05, 3.63) is 46.9 Å². The van der Waals surface area contributed by atoms with Gasteiger partial charge in [-0.1, -0.05) is 17.7 Å². The van der Waals surface area contributed by atoms with E-state index in [2.05, 4.69) is 15.3 Å². The lowest BCUT2D eigenvalue weighted by Crippen LogP contribution is -2.46. The van der Waals surface area contributed by atoms with Crippen molar-refractivity contribution in [2.24, 2.45) is 0 Å². The number of aryl methyl sites for hydroxylation is 1. The normalized spacial score (nSPS) is 14.3. The number of anilines is 2. The van der Waals surface area contributed by atoms with Gasteiger partial charge in [0.1, 0.15) is 17.3 Å². The molecule has 25 heavy (non-hydrogen) atoms. The molecule has 0 atom stereocenters. The first kappa shape index (κ1) is 17.2. The first-order chi connectivity index (χ1) is 12.0. The van der Waals surface area contributed by atoms with Crippen molar-refractivity contribution in [3.63, 3.8) is 0 Å². The number of hydrogen-bond acceptors (Lipinski definition) is 5. The smallest absolute Gasteiger partial charge is 0.274 e. The summed E-state index contributed by atoms with van der Waals surface area (Å²) in [5.74, 6) is 0.890. The van der Waals surface area contributed by atoms with E-state index < -0.39 is 0 Å². The predicted octanol–water partition coefficient (Wildman–Crippen LogP) is 1.97. The molecule has 0 radical (unpaired) electrons. The van der Waals surface area contributed by atoms with E-state index in [4.69, 9.17) is 11.6 Å². The van der Waals surface area contributed by atoms with Gasteiger partial charge in [-0.3, -0.25) is 9.59 Å². The van der Waals surface area contributed by atoms with E-state index >= 15 is 0 Å². The third-order valence-corrected chi connectivity index (χ3v) is 4.16. The Morgan fingerprint density at radius 3 is 2.64 bits per heavy atom. The van der Waals surface area contributed by atoms with E-state index in [1.54, 1.807) is 42.2 Å². The minimum Gasteiger partial charge on any atom is -0.353 e. The van der Waals surface area contributed by atoms with E-state index in [9.17, 15) is 9.59 Å². The molecule has 1 aliphatic rings. The molecule has 0 bridgehead atoms. The average molecular weight is 360 g/mol. The molecule has 1 aromatic heterocycles. The van der Waals surface area contributed by atoms with E-state index in [1.807, 2.05) is 4.90 Å². The summed E-state index contributed by atoms with van der Waals surface area (Å²) in [5.41, 5.74) is 0.898. The van der Waals surface area contributed by atoms with Crippen LogP contribution < -0.4 is 10.2 Å². The monoisotopic (exact) mass is 359 g/mol. The molecule has 2 aromatic rings. The first-order valence-corrected chi connectivity index (χ1v) is 8.30. The Hall–Kier alpha value is -2.67. The van der Waals surface area contributed by atoms with Crippen LogP contribution in [0.4, 0.5) is 11.5 Å². The fourth-order valence-electron chi connectivity index (χ4n) is 2.65. The van der Waals surface area contributed by atoms with Crippen LogP contribution in [0.15, 0.2) is 30.3 Å². The van der Waals surface area contributed by atoms with Crippen molar-refractivity contribution in [1.82, 2.24) is 14.9 Å². The number of benzene rings is 1. The molecule has 2 heterocycles. The average Bonchev–Trinajstić information content (AvgIpc) is 2.61. The minimum atomic E-state index is -0.319. The summed E-state index contributed by atoms with van der Waals surface area (Å²) in [6, 6.07) is 8.61. The van der Waals surface area contributed by atoms with Crippen molar-refractivity contribution in [3.8, 4) is 0 Å². The molecule has 3 rings (SSSR count). The molecule has 1 aromatic carbocycles. The lowest BCUT2D eigenvalue weighted by atomic mass is 10.2. The quantitative estimate of drug-likeness (QED) is 0.844. The van der Waals surface area contributed by atoms with Crippen molar-refractivity contribution in [2.45, 2.75) is 6.92 Å². The number of hydrogen-bond donors (Lipinski definition) is 1. The maximum Gasteiger partial charge on any atom is 0.274 e. The molecule has 0 spiro atoms. The molecule has 1 saturated heterocycles. The van der Waals surface area contributed by atoms with Gasteiger partial charge < -0.3 is 15.1 Å². The van der Waals surface area contributed by atoms with Gasteiger partial charge in [-0.2, -0.15) is 0 Å². The number of nitrogens with zero attached hydrogens (tertiary/aromatic N) is 4.